The molecule has 0 aliphatic heterocycles. The molecule has 0 unspecified atom stereocenters. The Morgan fingerprint density at radius 3 is 1.81 bits per heavy atom. The van der Waals surface area contributed by atoms with E-state index in [1.54, 1.807) is 0 Å². The molecular formula is C24H37NO6. The number of carboxylic acids is 1. The lowest BCUT2D eigenvalue weighted by Gasteiger charge is -2.11. The summed E-state index contributed by atoms with van der Waals surface area (Å²) >= 11 is 0. The van der Waals surface area contributed by atoms with E-state index in [2.05, 4.69) is 6.92 Å². The maximum Gasteiger partial charge on any atom is 0.340 e. The molecule has 0 aromatic heterocycles. The first-order valence-electron chi connectivity index (χ1n) is 11.6. The number of hydrogen-bond donors (Lipinski definition) is 1. The highest BCUT2D eigenvalue weighted by Crippen LogP contribution is 2.32. The highest BCUT2D eigenvalue weighted by molar-refractivity contribution is 5.95. The summed E-state index contributed by atoms with van der Waals surface area (Å²) < 4.78 is 4.96. The van der Waals surface area contributed by atoms with Crippen LogP contribution in [0.3, 0.4) is 0 Å². The van der Waals surface area contributed by atoms with Gasteiger partial charge < -0.3 is 9.84 Å². The van der Waals surface area contributed by atoms with Crippen molar-refractivity contribution in [3.63, 3.8) is 0 Å². The Morgan fingerprint density at radius 2 is 1.39 bits per heavy atom. The fourth-order valence-electron chi connectivity index (χ4n) is 3.83. The lowest BCUT2D eigenvalue weighted by atomic mass is 9.97. The smallest absolute Gasteiger partial charge is 0.340 e. The van der Waals surface area contributed by atoms with Crippen molar-refractivity contribution in [2.75, 3.05) is 0 Å². The molecule has 174 valence electrons. The second-order valence-corrected chi connectivity index (χ2v) is 8.08. The van der Waals surface area contributed by atoms with Gasteiger partial charge in [0.15, 0.2) is 0 Å². The Balaban J connectivity index is 2.44. The number of nitro groups is 1. The highest BCUT2D eigenvalue weighted by atomic mass is 16.6. The van der Waals surface area contributed by atoms with Gasteiger partial charge >= 0.3 is 11.9 Å². The molecule has 0 aliphatic carbocycles. The second kappa shape index (κ2) is 15.4. The highest BCUT2D eigenvalue weighted by Gasteiger charge is 2.26. The van der Waals surface area contributed by atoms with E-state index in [9.17, 15) is 24.8 Å². The standard InChI is InChI=1S/C24H37NO6/c1-3-4-5-6-7-8-9-10-11-12-13-14-15-16-20-21(25(29)30)17-18-22(31-19(2)26)23(20)24(27)28/h17-18H,3-16H2,1-2H3,(H,27,28). The summed E-state index contributed by atoms with van der Waals surface area (Å²) in [5, 5.41) is 20.9. The quantitative estimate of drug-likeness (QED) is 0.0942. The molecule has 0 spiro atoms. The predicted octanol–water partition coefficient (Wildman–Crippen LogP) is 6.85. The first-order valence-corrected chi connectivity index (χ1v) is 11.6. The van der Waals surface area contributed by atoms with Crippen LogP contribution in [0.1, 0.15) is 113 Å². The number of unbranched alkanes of at least 4 members (excludes halogenated alkanes) is 12. The minimum absolute atomic E-state index is 0.124. The molecule has 7 heteroatoms. The van der Waals surface area contributed by atoms with Gasteiger partial charge in [-0.3, -0.25) is 14.9 Å². The van der Waals surface area contributed by atoms with Gasteiger partial charge in [0.25, 0.3) is 5.69 Å². The van der Waals surface area contributed by atoms with Crippen molar-refractivity contribution in [1.82, 2.24) is 0 Å². The van der Waals surface area contributed by atoms with E-state index in [-0.39, 0.29) is 29.0 Å². The fourth-order valence-corrected chi connectivity index (χ4v) is 3.83. The summed E-state index contributed by atoms with van der Waals surface area (Å²) in [6.45, 7) is 3.39. The van der Waals surface area contributed by atoms with Crippen LogP contribution in [0, 0.1) is 10.1 Å². The Hall–Kier alpha value is -2.44. The van der Waals surface area contributed by atoms with Crippen LogP contribution < -0.4 is 4.74 Å². The summed E-state index contributed by atoms with van der Waals surface area (Å²) in [6.07, 6.45) is 15.6. The molecule has 0 saturated carbocycles. The van der Waals surface area contributed by atoms with Gasteiger partial charge in [-0.2, -0.15) is 0 Å². The summed E-state index contributed by atoms with van der Waals surface area (Å²) in [6, 6.07) is 2.39. The van der Waals surface area contributed by atoms with Crippen LogP contribution in [-0.4, -0.2) is 22.0 Å². The number of hydrogen-bond acceptors (Lipinski definition) is 5. The van der Waals surface area contributed by atoms with Crippen LogP contribution >= 0.6 is 0 Å². The van der Waals surface area contributed by atoms with Crippen LogP contribution in [0.25, 0.3) is 0 Å². The number of benzene rings is 1. The third-order valence-corrected chi connectivity index (χ3v) is 5.44. The molecule has 7 nitrogen and oxygen atoms in total. The summed E-state index contributed by atoms with van der Waals surface area (Å²) in [5.41, 5.74) is -0.408. The number of nitro benzene ring substituents is 1. The Labute approximate surface area is 185 Å². The second-order valence-electron chi connectivity index (χ2n) is 8.08. The van der Waals surface area contributed by atoms with Crippen LogP contribution in [0.15, 0.2) is 12.1 Å². The minimum Gasteiger partial charge on any atom is -0.478 e. The molecular weight excluding hydrogens is 398 g/mol. The maximum absolute atomic E-state index is 11.7. The number of rotatable bonds is 17. The lowest BCUT2D eigenvalue weighted by molar-refractivity contribution is -0.385. The molecule has 0 bridgehead atoms. The molecule has 1 aromatic carbocycles. The summed E-state index contributed by atoms with van der Waals surface area (Å²) in [7, 11) is 0. The van der Waals surface area contributed by atoms with Crippen molar-refractivity contribution in [3.8, 4) is 5.75 Å². The third-order valence-electron chi connectivity index (χ3n) is 5.44. The third kappa shape index (κ3) is 10.4. The van der Waals surface area contributed by atoms with E-state index in [4.69, 9.17) is 4.74 Å². The number of carboxylic acid groups (broad SMARTS) is 1. The van der Waals surface area contributed by atoms with Gasteiger partial charge in [0.2, 0.25) is 0 Å². The van der Waals surface area contributed by atoms with Crippen LogP contribution in [0.4, 0.5) is 5.69 Å². The van der Waals surface area contributed by atoms with Gasteiger partial charge in [0, 0.05) is 18.6 Å². The topological polar surface area (TPSA) is 107 Å². The molecule has 1 N–H and O–H groups in total. The van der Waals surface area contributed by atoms with Crippen LogP contribution in [0.2, 0.25) is 0 Å². The number of esters is 1. The number of carbonyl (C=O) groups is 2. The van der Waals surface area contributed by atoms with Gasteiger partial charge in [-0.1, -0.05) is 84.0 Å². The van der Waals surface area contributed by atoms with E-state index in [0.717, 1.165) is 19.3 Å². The van der Waals surface area contributed by atoms with Gasteiger partial charge in [-0.25, -0.2) is 4.79 Å². The van der Waals surface area contributed by atoms with Crippen molar-refractivity contribution in [2.24, 2.45) is 0 Å². The van der Waals surface area contributed by atoms with E-state index >= 15 is 0 Å². The van der Waals surface area contributed by atoms with E-state index in [0.29, 0.717) is 6.42 Å². The summed E-state index contributed by atoms with van der Waals surface area (Å²) in [4.78, 5) is 33.8. The first-order chi connectivity index (χ1) is 14.9. The van der Waals surface area contributed by atoms with Crippen molar-refractivity contribution < 1.29 is 24.4 Å². The largest absolute Gasteiger partial charge is 0.478 e. The lowest BCUT2D eigenvalue weighted by Crippen LogP contribution is -2.12. The van der Waals surface area contributed by atoms with Gasteiger partial charge in [-0.05, 0) is 18.9 Å². The van der Waals surface area contributed by atoms with E-state index < -0.39 is 16.9 Å². The maximum atomic E-state index is 11.7. The predicted molar refractivity (Wildman–Crippen MR) is 121 cm³/mol. The zero-order chi connectivity index (χ0) is 23.1. The molecule has 0 amide bonds. The first kappa shape index (κ1) is 26.6. The molecule has 31 heavy (non-hydrogen) atoms. The molecule has 0 heterocycles. The number of aromatic carboxylic acids is 1. The van der Waals surface area contributed by atoms with Crippen LogP contribution in [0.5, 0.6) is 5.75 Å². The Morgan fingerprint density at radius 1 is 0.903 bits per heavy atom. The van der Waals surface area contributed by atoms with E-state index in [1.165, 1.54) is 76.8 Å². The SMILES string of the molecule is CCCCCCCCCCCCCCCc1c([N+](=O)[O-])ccc(OC(C)=O)c1C(=O)O. The van der Waals surface area contributed by atoms with E-state index in [1.807, 2.05) is 0 Å². The van der Waals surface area contributed by atoms with Crippen molar-refractivity contribution in [2.45, 2.75) is 104 Å². The normalized spacial score (nSPS) is 10.8. The number of ether oxygens (including phenoxy) is 1. The van der Waals surface area contributed by atoms with Gasteiger partial charge in [0.05, 0.1) is 4.92 Å². The number of carbonyl (C=O) groups excluding carboxylic acids is 1. The molecule has 0 saturated heterocycles. The monoisotopic (exact) mass is 435 g/mol. The van der Waals surface area contributed by atoms with Crippen molar-refractivity contribution >= 4 is 17.6 Å². The average molecular weight is 436 g/mol. The molecule has 1 aromatic rings. The van der Waals surface area contributed by atoms with Crippen LogP contribution in [-0.2, 0) is 11.2 Å². The molecule has 0 fully saturated rings. The summed E-state index contributed by atoms with van der Waals surface area (Å²) in [5.74, 6) is -2.14. The van der Waals surface area contributed by atoms with Gasteiger partial charge in [0.1, 0.15) is 11.3 Å². The van der Waals surface area contributed by atoms with Gasteiger partial charge in [-0.15, -0.1) is 0 Å². The van der Waals surface area contributed by atoms with Crippen molar-refractivity contribution in [1.29, 1.82) is 0 Å². The molecule has 0 aliphatic rings. The average Bonchev–Trinajstić information content (AvgIpc) is 2.70. The minimum atomic E-state index is -1.33. The Kier molecular flexibility index (Phi) is 13.2. The Bertz CT molecular complexity index is 716. The molecule has 0 radical (unpaired) electrons. The van der Waals surface area contributed by atoms with Crippen molar-refractivity contribution in [3.05, 3.63) is 33.4 Å². The molecule has 0 atom stereocenters. The fraction of sp³-hybridized carbons (Fsp3) is 0.667. The molecule has 1 rings (SSSR count). The number of nitrogens with zero attached hydrogens (tertiary/aromatic N) is 1. The zero-order valence-electron chi connectivity index (χ0n) is 19.0. The zero-order valence-corrected chi connectivity index (χ0v) is 19.0.